The molecule has 3 N–H and O–H groups in total. The molecule has 0 aromatic heterocycles. The van der Waals surface area contributed by atoms with E-state index >= 15 is 0 Å². The van der Waals surface area contributed by atoms with Crippen molar-refractivity contribution >= 4 is 17.5 Å². The highest BCUT2D eigenvalue weighted by Crippen LogP contribution is 2.31. The third kappa shape index (κ3) is 4.14. The van der Waals surface area contributed by atoms with Crippen molar-refractivity contribution < 1.29 is 22.8 Å². The summed E-state index contributed by atoms with van der Waals surface area (Å²) in [4.78, 5) is 24.8. The quantitative estimate of drug-likeness (QED) is 0.886. The molecule has 0 aliphatic carbocycles. The summed E-state index contributed by atoms with van der Waals surface area (Å²) in [6.07, 6.45) is -3.25. The minimum Gasteiger partial charge on any atom is -0.376 e. The van der Waals surface area contributed by atoms with Gasteiger partial charge in [-0.2, -0.15) is 13.2 Å². The van der Waals surface area contributed by atoms with Gasteiger partial charge >= 0.3 is 6.18 Å². The van der Waals surface area contributed by atoms with Crippen molar-refractivity contribution in [3.8, 4) is 0 Å². The third-order valence-electron chi connectivity index (χ3n) is 3.75. The Morgan fingerprint density at radius 1 is 1.35 bits per heavy atom. The van der Waals surface area contributed by atoms with E-state index in [9.17, 15) is 22.8 Å². The van der Waals surface area contributed by atoms with Crippen molar-refractivity contribution in [3.63, 3.8) is 0 Å². The zero-order chi connectivity index (χ0) is 17.2. The Morgan fingerprint density at radius 2 is 2.04 bits per heavy atom. The minimum atomic E-state index is -4.45. The van der Waals surface area contributed by atoms with Gasteiger partial charge in [0.1, 0.15) is 6.04 Å². The molecule has 1 aliphatic heterocycles. The van der Waals surface area contributed by atoms with Gasteiger partial charge in [0.2, 0.25) is 11.8 Å². The SMILES string of the molecule is Cc1cc(NCC(=O)N2CCCC2C(N)=O)cc(C(F)(F)F)c1. The topological polar surface area (TPSA) is 75.4 Å². The second-order valence-electron chi connectivity index (χ2n) is 5.59. The molecule has 1 aromatic carbocycles. The Morgan fingerprint density at radius 3 is 2.65 bits per heavy atom. The zero-order valence-corrected chi connectivity index (χ0v) is 12.6. The zero-order valence-electron chi connectivity index (χ0n) is 12.6. The van der Waals surface area contributed by atoms with E-state index in [4.69, 9.17) is 5.73 Å². The molecule has 0 spiro atoms. The maximum absolute atomic E-state index is 12.8. The Labute approximate surface area is 131 Å². The van der Waals surface area contributed by atoms with Crippen molar-refractivity contribution in [2.24, 2.45) is 5.73 Å². The number of carbonyl (C=O) groups excluding carboxylic acids is 2. The first kappa shape index (κ1) is 17.1. The number of nitrogens with zero attached hydrogens (tertiary/aromatic N) is 1. The maximum atomic E-state index is 12.8. The molecule has 23 heavy (non-hydrogen) atoms. The summed E-state index contributed by atoms with van der Waals surface area (Å²) in [5, 5.41) is 2.69. The largest absolute Gasteiger partial charge is 0.416 e. The Balaban J connectivity index is 2.05. The fraction of sp³-hybridized carbons (Fsp3) is 0.467. The molecular formula is C15H18F3N3O2. The molecule has 8 heteroatoms. The number of hydrogen-bond donors (Lipinski definition) is 2. The Bertz CT molecular complexity index is 616. The molecule has 1 unspecified atom stereocenters. The lowest BCUT2D eigenvalue weighted by atomic mass is 10.1. The van der Waals surface area contributed by atoms with Gasteiger partial charge in [-0.1, -0.05) is 0 Å². The highest BCUT2D eigenvalue weighted by Gasteiger charge is 2.33. The first-order valence-corrected chi connectivity index (χ1v) is 7.20. The van der Waals surface area contributed by atoms with Crippen LogP contribution in [-0.2, 0) is 15.8 Å². The Hall–Kier alpha value is -2.25. The third-order valence-corrected chi connectivity index (χ3v) is 3.75. The van der Waals surface area contributed by atoms with Crippen LogP contribution in [0.5, 0.6) is 0 Å². The number of nitrogens with two attached hydrogens (primary N) is 1. The molecule has 126 valence electrons. The molecule has 2 amide bonds. The number of carbonyl (C=O) groups is 2. The summed E-state index contributed by atoms with van der Waals surface area (Å²) < 4.78 is 38.3. The van der Waals surface area contributed by atoms with E-state index in [1.165, 1.54) is 11.0 Å². The molecule has 0 saturated carbocycles. The van der Waals surface area contributed by atoms with E-state index in [-0.39, 0.29) is 18.1 Å². The molecule has 1 aliphatic rings. The van der Waals surface area contributed by atoms with Gasteiger partial charge in [-0.15, -0.1) is 0 Å². The first-order chi connectivity index (χ1) is 10.7. The van der Waals surface area contributed by atoms with Crippen molar-refractivity contribution in [2.75, 3.05) is 18.4 Å². The van der Waals surface area contributed by atoms with Crippen LogP contribution in [0, 0.1) is 6.92 Å². The van der Waals surface area contributed by atoms with Crippen LogP contribution in [0.25, 0.3) is 0 Å². The van der Waals surface area contributed by atoms with Crippen LogP contribution in [0.1, 0.15) is 24.0 Å². The van der Waals surface area contributed by atoms with Crippen LogP contribution in [0.2, 0.25) is 0 Å². The van der Waals surface area contributed by atoms with Gasteiger partial charge in [-0.25, -0.2) is 0 Å². The van der Waals surface area contributed by atoms with Crippen LogP contribution in [0.3, 0.4) is 0 Å². The molecule has 0 radical (unpaired) electrons. The maximum Gasteiger partial charge on any atom is 0.416 e. The van der Waals surface area contributed by atoms with Gasteiger partial charge in [0.05, 0.1) is 12.1 Å². The minimum absolute atomic E-state index is 0.190. The number of alkyl halides is 3. The molecule has 0 bridgehead atoms. The second-order valence-corrected chi connectivity index (χ2v) is 5.59. The van der Waals surface area contributed by atoms with E-state index in [1.807, 2.05) is 0 Å². The molecule has 1 aromatic rings. The van der Waals surface area contributed by atoms with Gasteiger partial charge in [-0.3, -0.25) is 9.59 Å². The monoisotopic (exact) mass is 329 g/mol. The van der Waals surface area contributed by atoms with Crippen LogP contribution in [0.4, 0.5) is 18.9 Å². The van der Waals surface area contributed by atoms with Crippen molar-refractivity contribution in [2.45, 2.75) is 32.0 Å². The summed E-state index contributed by atoms with van der Waals surface area (Å²) >= 11 is 0. The Kier molecular flexibility index (Phi) is 4.82. The summed E-state index contributed by atoms with van der Waals surface area (Å²) in [5.41, 5.74) is 5.11. The van der Waals surface area contributed by atoms with E-state index in [0.717, 1.165) is 12.1 Å². The van der Waals surface area contributed by atoms with Gasteiger partial charge < -0.3 is 16.0 Å². The highest BCUT2D eigenvalue weighted by molar-refractivity contribution is 5.89. The lowest BCUT2D eigenvalue weighted by Crippen LogP contribution is -2.45. The fourth-order valence-electron chi connectivity index (χ4n) is 2.69. The lowest BCUT2D eigenvalue weighted by Gasteiger charge is -2.22. The molecule has 1 fully saturated rings. The standard InChI is InChI=1S/C15H18F3N3O2/c1-9-5-10(15(16,17)18)7-11(6-9)20-8-13(22)21-4-2-3-12(21)14(19)23/h5-7,12,20H,2-4,8H2,1H3,(H2,19,23). The van der Waals surface area contributed by atoms with E-state index in [1.54, 1.807) is 6.92 Å². The van der Waals surface area contributed by atoms with E-state index < -0.39 is 23.7 Å². The summed E-state index contributed by atoms with van der Waals surface area (Å²) in [6, 6.07) is 2.89. The van der Waals surface area contributed by atoms with Crippen molar-refractivity contribution in [3.05, 3.63) is 29.3 Å². The number of hydrogen-bond acceptors (Lipinski definition) is 3. The van der Waals surface area contributed by atoms with Crippen LogP contribution >= 0.6 is 0 Å². The summed E-state index contributed by atoms with van der Waals surface area (Å²) in [5.74, 6) is -0.924. The van der Waals surface area contributed by atoms with Gasteiger partial charge in [-0.05, 0) is 43.5 Å². The summed E-state index contributed by atoms with van der Waals surface area (Å²) in [7, 11) is 0. The number of benzene rings is 1. The average molecular weight is 329 g/mol. The second kappa shape index (κ2) is 6.47. The normalized spacial score (nSPS) is 18.1. The number of halogens is 3. The first-order valence-electron chi connectivity index (χ1n) is 7.20. The smallest absolute Gasteiger partial charge is 0.376 e. The number of amides is 2. The highest BCUT2D eigenvalue weighted by atomic mass is 19.4. The van der Waals surface area contributed by atoms with Crippen molar-refractivity contribution in [1.29, 1.82) is 0 Å². The predicted octanol–water partition coefficient (Wildman–Crippen LogP) is 1.90. The van der Waals surface area contributed by atoms with Gasteiger partial charge in [0.15, 0.2) is 0 Å². The van der Waals surface area contributed by atoms with E-state index in [0.29, 0.717) is 24.9 Å². The molecule has 2 rings (SSSR count). The average Bonchev–Trinajstić information content (AvgIpc) is 2.93. The van der Waals surface area contributed by atoms with Gasteiger partial charge in [0.25, 0.3) is 0 Å². The number of likely N-dealkylation sites (tertiary alicyclic amines) is 1. The number of aryl methyl sites for hydroxylation is 1. The number of nitrogens with one attached hydrogen (secondary N) is 1. The predicted molar refractivity (Wildman–Crippen MR) is 78.6 cm³/mol. The molecular weight excluding hydrogens is 311 g/mol. The van der Waals surface area contributed by atoms with Gasteiger partial charge in [0, 0.05) is 12.2 Å². The molecule has 1 saturated heterocycles. The van der Waals surface area contributed by atoms with Crippen LogP contribution in [-0.4, -0.2) is 35.8 Å². The number of rotatable bonds is 4. The van der Waals surface area contributed by atoms with Crippen molar-refractivity contribution in [1.82, 2.24) is 4.90 Å². The summed E-state index contributed by atoms with van der Waals surface area (Å²) in [6.45, 7) is 1.78. The van der Waals surface area contributed by atoms with Crippen LogP contribution < -0.4 is 11.1 Å². The molecule has 5 nitrogen and oxygen atoms in total. The number of anilines is 1. The fourth-order valence-corrected chi connectivity index (χ4v) is 2.69. The number of primary amides is 1. The van der Waals surface area contributed by atoms with E-state index in [2.05, 4.69) is 5.32 Å². The lowest BCUT2D eigenvalue weighted by molar-refractivity contribution is -0.137. The molecule has 1 atom stereocenters. The molecule has 1 heterocycles. The van der Waals surface area contributed by atoms with Crippen LogP contribution in [0.15, 0.2) is 18.2 Å².